The fourth-order valence-electron chi connectivity index (χ4n) is 1.89. The Morgan fingerprint density at radius 3 is 2.95 bits per heavy atom. The third-order valence-corrected chi connectivity index (χ3v) is 3.67. The Bertz CT molecular complexity index is 745. The predicted octanol–water partition coefficient (Wildman–Crippen LogP) is 2.59. The molecule has 0 saturated carbocycles. The van der Waals surface area contributed by atoms with Crippen LogP contribution in [0.15, 0.2) is 29.6 Å². The number of amides is 1. The molecule has 0 saturated heterocycles. The highest BCUT2D eigenvalue weighted by Crippen LogP contribution is 2.22. The lowest BCUT2D eigenvalue weighted by Crippen LogP contribution is -2.10. The number of aromatic nitrogens is 3. The van der Waals surface area contributed by atoms with Crippen LogP contribution in [0.25, 0.3) is 11.0 Å². The van der Waals surface area contributed by atoms with E-state index in [0.29, 0.717) is 10.7 Å². The molecule has 0 bridgehead atoms. The van der Waals surface area contributed by atoms with Gasteiger partial charge in [0, 0.05) is 12.7 Å². The number of nitrogens with one attached hydrogen (secondary N) is 1. The fraction of sp³-hybridized carbons (Fsp3) is 0.154. The van der Waals surface area contributed by atoms with E-state index < -0.39 is 0 Å². The summed E-state index contributed by atoms with van der Waals surface area (Å²) in [6, 6.07) is 7.47. The molecular weight excluding hydrogens is 260 g/mol. The van der Waals surface area contributed by atoms with Crippen molar-refractivity contribution in [1.29, 1.82) is 0 Å². The van der Waals surface area contributed by atoms with E-state index in [1.165, 1.54) is 11.3 Å². The summed E-state index contributed by atoms with van der Waals surface area (Å²) in [6.45, 7) is 1.93. The standard InChI is InChI=1S/C13H12N4OS/c1-8-5-6-9-11(16-17(2)12(9)14-8)15-13(18)10-4-3-7-19-10/h3-7H,1-2H3,(H,15,16,18). The van der Waals surface area contributed by atoms with E-state index in [-0.39, 0.29) is 5.91 Å². The Morgan fingerprint density at radius 1 is 1.37 bits per heavy atom. The van der Waals surface area contributed by atoms with Crippen molar-refractivity contribution in [3.05, 3.63) is 40.2 Å². The van der Waals surface area contributed by atoms with Crippen LogP contribution in [0, 0.1) is 6.92 Å². The van der Waals surface area contributed by atoms with Crippen LogP contribution in [-0.4, -0.2) is 20.7 Å². The maximum Gasteiger partial charge on any atom is 0.266 e. The molecule has 3 heterocycles. The summed E-state index contributed by atoms with van der Waals surface area (Å²) in [6.07, 6.45) is 0. The molecule has 1 N–H and O–H groups in total. The smallest absolute Gasteiger partial charge is 0.266 e. The van der Waals surface area contributed by atoms with Crippen molar-refractivity contribution in [2.75, 3.05) is 5.32 Å². The molecule has 0 aromatic carbocycles. The molecule has 0 spiro atoms. The molecule has 3 aromatic rings. The first kappa shape index (κ1) is 11.9. The van der Waals surface area contributed by atoms with Crippen molar-refractivity contribution in [3.8, 4) is 0 Å². The number of hydrogen-bond acceptors (Lipinski definition) is 4. The highest BCUT2D eigenvalue weighted by Gasteiger charge is 2.14. The van der Waals surface area contributed by atoms with E-state index >= 15 is 0 Å². The van der Waals surface area contributed by atoms with Crippen LogP contribution in [0.4, 0.5) is 5.82 Å². The maximum atomic E-state index is 12.0. The average molecular weight is 272 g/mol. The number of aryl methyl sites for hydroxylation is 2. The zero-order chi connectivity index (χ0) is 13.4. The van der Waals surface area contributed by atoms with Gasteiger partial charge in [-0.05, 0) is 30.5 Å². The molecule has 5 nitrogen and oxygen atoms in total. The lowest BCUT2D eigenvalue weighted by molar-refractivity contribution is 0.103. The van der Waals surface area contributed by atoms with Gasteiger partial charge in [0.25, 0.3) is 5.91 Å². The third kappa shape index (κ3) is 2.10. The lowest BCUT2D eigenvalue weighted by atomic mass is 10.3. The van der Waals surface area contributed by atoms with Crippen LogP contribution in [-0.2, 0) is 7.05 Å². The number of rotatable bonds is 2. The van der Waals surface area contributed by atoms with E-state index in [4.69, 9.17) is 0 Å². The van der Waals surface area contributed by atoms with Crippen molar-refractivity contribution in [3.63, 3.8) is 0 Å². The number of carbonyl (C=O) groups is 1. The zero-order valence-electron chi connectivity index (χ0n) is 10.5. The van der Waals surface area contributed by atoms with Crippen molar-refractivity contribution in [2.24, 2.45) is 7.05 Å². The van der Waals surface area contributed by atoms with Crippen LogP contribution >= 0.6 is 11.3 Å². The molecule has 3 aromatic heterocycles. The van der Waals surface area contributed by atoms with Crippen molar-refractivity contribution >= 4 is 34.1 Å². The van der Waals surface area contributed by atoms with Crippen LogP contribution in [0.5, 0.6) is 0 Å². The molecule has 1 amide bonds. The number of anilines is 1. The largest absolute Gasteiger partial charge is 0.304 e. The van der Waals surface area contributed by atoms with Crippen molar-refractivity contribution < 1.29 is 4.79 Å². The number of carbonyl (C=O) groups excluding carboxylic acids is 1. The minimum Gasteiger partial charge on any atom is -0.304 e. The number of fused-ring (bicyclic) bond motifs is 1. The van der Waals surface area contributed by atoms with Gasteiger partial charge in [-0.3, -0.25) is 4.79 Å². The van der Waals surface area contributed by atoms with Gasteiger partial charge in [0.15, 0.2) is 11.5 Å². The summed E-state index contributed by atoms with van der Waals surface area (Å²) < 4.78 is 1.67. The Balaban J connectivity index is 2.00. The molecule has 0 unspecified atom stereocenters. The SMILES string of the molecule is Cc1ccc2c(NC(=O)c3cccs3)nn(C)c2n1. The van der Waals surface area contributed by atoms with E-state index in [9.17, 15) is 4.79 Å². The number of pyridine rings is 1. The molecule has 0 atom stereocenters. The van der Waals surface area contributed by atoms with Gasteiger partial charge >= 0.3 is 0 Å². The van der Waals surface area contributed by atoms with E-state index in [2.05, 4.69) is 15.4 Å². The first-order valence-electron chi connectivity index (χ1n) is 5.80. The summed E-state index contributed by atoms with van der Waals surface area (Å²) in [5, 5.41) is 9.85. The van der Waals surface area contributed by atoms with Gasteiger partial charge in [0.05, 0.1) is 10.3 Å². The molecule has 0 aliphatic heterocycles. The van der Waals surface area contributed by atoms with Gasteiger partial charge < -0.3 is 5.32 Å². The maximum absolute atomic E-state index is 12.0. The molecule has 0 fully saturated rings. The minimum atomic E-state index is -0.143. The second kappa shape index (κ2) is 4.47. The third-order valence-electron chi connectivity index (χ3n) is 2.80. The second-order valence-electron chi connectivity index (χ2n) is 4.23. The van der Waals surface area contributed by atoms with E-state index in [1.54, 1.807) is 10.7 Å². The van der Waals surface area contributed by atoms with Gasteiger partial charge in [-0.25, -0.2) is 9.67 Å². The quantitative estimate of drug-likeness (QED) is 0.780. The molecule has 96 valence electrons. The Kier molecular flexibility index (Phi) is 2.79. The van der Waals surface area contributed by atoms with Gasteiger partial charge in [0.1, 0.15) is 0 Å². The fourth-order valence-corrected chi connectivity index (χ4v) is 2.51. The Morgan fingerprint density at radius 2 is 2.21 bits per heavy atom. The average Bonchev–Trinajstić information content (AvgIpc) is 2.99. The van der Waals surface area contributed by atoms with Gasteiger partial charge in [-0.1, -0.05) is 6.07 Å². The normalized spacial score (nSPS) is 10.8. The predicted molar refractivity (Wildman–Crippen MR) is 75.5 cm³/mol. The molecule has 3 rings (SSSR count). The van der Waals surface area contributed by atoms with Crippen LogP contribution < -0.4 is 5.32 Å². The minimum absolute atomic E-state index is 0.143. The van der Waals surface area contributed by atoms with Crippen LogP contribution in [0.2, 0.25) is 0 Å². The molecule has 0 aliphatic carbocycles. The monoisotopic (exact) mass is 272 g/mol. The molecule has 6 heteroatoms. The van der Waals surface area contributed by atoms with Crippen molar-refractivity contribution in [1.82, 2.24) is 14.8 Å². The van der Waals surface area contributed by atoms with Crippen LogP contribution in [0.3, 0.4) is 0 Å². The molecule has 0 radical (unpaired) electrons. The zero-order valence-corrected chi connectivity index (χ0v) is 11.4. The van der Waals surface area contributed by atoms with Crippen LogP contribution in [0.1, 0.15) is 15.4 Å². The lowest BCUT2D eigenvalue weighted by Gasteiger charge is -1.99. The summed E-state index contributed by atoms with van der Waals surface area (Å²) in [5.74, 6) is 0.402. The molecular formula is C13H12N4OS. The van der Waals surface area contributed by atoms with Gasteiger partial charge in [-0.15, -0.1) is 11.3 Å². The van der Waals surface area contributed by atoms with Gasteiger partial charge in [0.2, 0.25) is 0 Å². The van der Waals surface area contributed by atoms with E-state index in [0.717, 1.165) is 16.7 Å². The summed E-state index contributed by atoms with van der Waals surface area (Å²) in [7, 11) is 1.82. The van der Waals surface area contributed by atoms with Gasteiger partial charge in [-0.2, -0.15) is 5.10 Å². The second-order valence-corrected chi connectivity index (χ2v) is 5.18. The number of thiophene rings is 1. The van der Waals surface area contributed by atoms with E-state index in [1.807, 2.05) is 37.6 Å². The van der Waals surface area contributed by atoms with Crippen molar-refractivity contribution in [2.45, 2.75) is 6.92 Å². The summed E-state index contributed by atoms with van der Waals surface area (Å²) in [5.41, 5.74) is 1.69. The topological polar surface area (TPSA) is 59.8 Å². The Hall–Kier alpha value is -2.21. The first-order valence-corrected chi connectivity index (χ1v) is 6.68. The summed E-state index contributed by atoms with van der Waals surface area (Å²) >= 11 is 1.40. The first-order chi connectivity index (χ1) is 9.15. The molecule has 0 aliphatic rings. The molecule has 19 heavy (non-hydrogen) atoms. The number of hydrogen-bond donors (Lipinski definition) is 1. The highest BCUT2D eigenvalue weighted by molar-refractivity contribution is 7.12. The highest BCUT2D eigenvalue weighted by atomic mass is 32.1. The summed E-state index contributed by atoms with van der Waals surface area (Å²) in [4.78, 5) is 17.1. The Labute approximate surface area is 113 Å². The number of nitrogens with zero attached hydrogens (tertiary/aromatic N) is 3.